The normalized spacial score (nSPS) is 44.8. The van der Waals surface area contributed by atoms with Crippen LogP contribution in [-0.4, -0.2) is 78.8 Å². The average molecular weight is 666 g/mol. The Morgan fingerprint density at radius 2 is 1.40 bits per heavy atom. The highest BCUT2D eigenvalue weighted by Gasteiger charge is 2.67. The highest BCUT2D eigenvalue weighted by Crippen LogP contribution is 2.67. The summed E-state index contributed by atoms with van der Waals surface area (Å²) in [5.74, 6) is 2.49. The summed E-state index contributed by atoms with van der Waals surface area (Å²) in [5.41, 5.74) is 0.362. The van der Waals surface area contributed by atoms with E-state index in [1.807, 2.05) is 0 Å². The minimum atomic E-state index is -0.107. The lowest BCUT2D eigenvalue weighted by molar-refractivity contribution is -0.935. The number of esters is 2. The van der Waals surface area contributed by atoms with E-state index in [-0.39, 0.29) is 52.0 Å². The number of carbonyl (C=O) groups excluding carboxylic acids is 2. The topological polar surface area (TPSA) is 55.8 Å². The summed E-state index contributed by atoms with van der Waals surface area (Å²) in [6.45, 7) is 13.2. The molecule has 3 unspecified atom stereocenters. The van der Waals surface area contributed by atoms with Crippen molar-refractivity contribution in [1.82, 2.24) is 4.90 Å². The highest BCUT2D eigenvalue weighted by molar-refractivity contribution is 5.66. The van der Waals surface area contributed by atoms with Crippen LogP contribution in [0.1, 0.15) is 124 Å². The minimum absolute atomic E-state index is 0. The molecule has 0 bridgehead atoms. The van der Waals surface area contributed by atoms with Gasteiger partial charge in [-0.05, 0) is 119 Å². The molecule has 10 atom stereocenters. The Labute approximate surface area is 272 Å². The first-order valence-electron chi connectivity index (χ1n) is 18.0. The number of likely N-dealkylation sites (tertiary alicyclic amines) is 2. The average Bonchev–Trinajstić information content (AvgIpc) is 3.16. The van der Waals surface area contributed by atoms with E-state index in [2.05, 4.69) is 25.8 Å². The van der Waals surface area contributed by atoms with Crippen LogP contribution in [-0.2, 0) is 19.1 Å². The molecule has 6 nitrogen and oxygen atoms in total. The van der Waals surface area contributed by atoms with Crippen LogP contribution in [0.3, 0.4) is 0 Å². The van der Waals surface area contributed by atoms with Gasteiger partial charge in [-0.1, -0.05) is 26.7 Å². The SMILES string of the molecule is CC(=O)O[C@H]1C[C@@H]2CCC3C4C[C@H]([N+]5(C)CCCCCC5)[C@H](OC(C)=O)[C@@]4(C)CCC3[C@@]2(C)C[C@@H]1N1CCCCCC1.[Br-]. The van der Waals surface area contributed by atoms with Gasteiger partial charge >= 0.3 is 11.9 Å². The van der Waals surface area contributed by atoms with Crippen LogP contribution in [0.15, 0.2) is 0 Å². The third-order valence-corrected chi connectivity index (χ3v) is 14.2. The molecule has 0 amide bonds. The fourth-order valence-electron chi connectivity index (χ4n) is 12.1. The molecule has 6 aliphatic rings. The van der Waals surface area contributed by atoms with E-state index in [1.165, 1.54) is 103 Å². The van der Waals surface area contributed by atoms with Crippen molar-refractivity contribution in [2.45, 2.75) is 148 Å². The highest BCUT2D eigenvalue weighted by atomic mass is 79.9. The molecule has 0 aromatic rings. The molecule has 6 rings (SSSR count). The van der Waals surface area contributed by atoms with Crippen LogP contribution in [0.25, 0.3) is 0 Å². The number of fused-ring (bicyclic) bond motifs is 5. The molecule has 2 aliphatic heterocycles. The van der Waals surface area contributed by atoms with Crippen LogP contribution >= 0.6 is 0 Å². The molecule has 4 aliphatic carbocycles. The van der Waals surface area contributed by atoms with Gasteiger partial charge in [-0.2, -0.15) is 0 Å². The summed E-state index contributed by atoms with van der Waals surface area (Å²) in [7, 11) is 2.49. The molecule has 0 aromatic carbocycles. The minimum Gasteiger partial charge on any atom is -1.00 e. The van der Waals surface area contributed by atoms with Gasteiger partial charge in [0.2, 0.25) is 0 Å². The lowest BCUT2D eigenvalue weighted by atomic mass is 9.44. The summed E-state index contributed by atoms with van der Waals surface area (Å²) in [5, 5.41) is 0. The maximum Gasteiger partial charge on any atom is 0.303 e. The van der Waals surface area contributed by atoms with Crippen LogP contribution in [0.5, 0.6) is 0 Å². The number of likely N-dealkylation sites (N-methyl/N-ethyl adjacent to an activating group) is 1. The van der Waals surface area contributed by atoms with Crippen LogP contribution < -0.4 is 17.0 Å². The Morgan fingerprint density at radius 1 is 0.767 bits per heavy atom. The number of rotatable bonds is 4. The quantitative estimate of drug-likeness (QED) is 0.339. The second-order valence-electron chi connectivity index (χ2n) is 16.5. The first kappa shape index (κ1) is 33.7. The van der Waals surface area contributed by atoms with Gasteiger partial charge < -0.3 is 30.9 Å². The van der Waals surface area contributed by atoms with Gasteiger partial charge in [0.1, 0.15) is 12.1 Å². The van der Waals surface area contributed by atoms with Crippen molar-refractivity contribution < 1.29 is 40.5 Å². The molecule has 0 radical (unpaired) electrons. The molecule has 6 fully saturated rings. The number of hydrogen-bond acceptors (Lipinski definition) is 5. The molecule has 7 heteroatoms. The standard InChI is InChI=1S/C36H61N2O4.BrH/c1-25(39)41-33-22-27-14-15-28-29(36(27,4)24-31(33)37-18-10-6-7-11-19-37)16-17-35(3)30(28)23-32(34(35)42-26(2)40)38(5)20-12-8-9-13-21-38;/h27-34H,6-24H2,1-5H3;1H/q+1;/p-1/t27-,28?,29?,30?,31-,32-,33-,34-,35-,36-;/m0./s1. The van der Waals surface area contributed by atoms with Crippen molar-refractivity contribution in [3.05, 3.63) is 0 Å². The van der Waals surface area contributed by atoms with Gasteiger partial charge in [0, 0.05) is 31.7 Å². The number of hydrogen-bond donors (Lipinski definition) is 0. The van der Waals surface area contributed by atoms with Crippen molar-refractivity contribution in [1.29, 1.82) is 0 Å². The maximum atomic E-state index is 12.6. The Hall–Kier alpha value is -0.660. The van der Waals surface area contributed by atoms with E-state index >= 15 is 0 Å². The third-order valence-electron chi connectivity index (χ3n) is 14.2. The van der Waals surface area contributed by atoms with Gasteiger partial charge in [-0.3, -0.25) is 14.5 Å². The first-order valence-corrected chi connectivity index (χ1v) is 18.0. The first-order chi connectivity index (χ1) is 20.0. The molecule has 0 N–H and O–H groups in total. The zero-order valence-corrected chi connectivity index (χ0v) is 29.5. The number of ether oxygens (including phenoxy) is 2. The van der Waals surface area contributed by atoms with Crippen LogP contribution in [0.2, 0.25) is 0 Å². The molecule has 2 saturated heterocycles. The zero-order valence-electron chi connectivity index (χ0n) is 28.0. The summed E-state index contributed by atoms with van der Waals surface area (Å²) in [6, 6.07) is 0.780. The third kappa shape index (κ3) is 6.23. The lowest BCUT2D eigenvalue weighted by Gasteiger charge is -2.62. The predicted octanol–water partition coefficient (Wildman–Crippen LogP) is 3.75. The Balaban J connectivity index is 0.00000368. The van der Waals surface area contributed by atoms with E-state index in [0.717, 1.165) is 24.0 Å². The molecular formula is C36H61BrN2O4. The molecule has 246 valence electrons. The van der Waals surface area contributed by atoms with Gasteiger partial charge in [0.05, 0.1) is 20.1 Å². The molecule has 2 heterocycles. The maximum absolute atomic E-state index is 12.6. The number of carbonyl (C=O) groups is 2. The van der Waals surface area contributed by atoms with E-state index < -0.39 is 0 Å². The molecule has 0 aromatic heterocycles. The Kier molecular flexibility index (Phi) is 10.4. The van der Waals surface area contributed by atoms with E-state index in [1.54, 1.807) is 13.8 Å². The molecule has 43 heavy (non-hydrogen) atoms. The summed E-state index contributed by atoms with van der Waals surface area (Å²) in [4.78, 5) is 27.6. The van der Waals surface area contributed by atoms with Crippen LogP contribution in [0.4, 0.5) is 0 Å². The van der Waals surface area contributed by atoms with Gasteiger partial charge in [-0.25, -0.2) is 0 Å². The largest absolute Gasteiger partial charge is 1.00 e. The van der Waals surface area contributed by atoms with E-state index in [0.29, 0.717) is 35.8 Å². The lowest BCUT2D eigenvalue weighted by Crippen LogP contribution is -3.00. The van der Waals surface area contributed by atoms with Crippen molar-refractivity contribution >= 4 is 11.9 Å². The summed E-state index contributed by atoms with van der Waals surface area (Å²) < 4.78 is 13.7. The van der Waals surface area contributed by atoms with Crippen LogP contribution in [0, 0.1) is 34.5 Å². The second-order valence-corrected chi connectivity index (χ2v) is 16.5. The summed E-state index contributed by atoms with van der Waals surface area (Å²) in [6.07, 6.45) is 19.0. The zero-order chi connectivity index (χ0) is 29.7. The second kappa shape index (κ2) is 13.2. The fraction of sp³-hybridized carbons (Fsp3) is 0.944. The number of halogens is 1. The van der Waals surface area contributed by atoms with Gasteiger partial charge in [-0.15, -0.1) is 0 Å². The van der Waals surface area contributed by atoms with Gasteiger partial charge in [0.15, 0.2) is 6.10 Å². The van der Waals surface area contributed by atoms with E-state index in [4.69, 9.17) is 9.47 Å². The monoisotopic (exact) mass is 664 g/mol. The van der Waals surface area contributed by atoms with Crippen molar-refractivity contribution in [3.8, 4) is 0 Å². The smallest absolute Gasteiger partial charge is 0.303 e. The van der Waals surface area contributed by atoms with Gasteiger partial charge in [0.25, 0.3) is 0 Å². The molecule has 0 spiro atoms. The Bertz CT molecular complexity index is 992. The summed E-state index contributed by atoms with van der Waals surface area (Å²) >= 11 is 0. The number of nitrogens with zero attached hydrogens (tertiary/aromatic N) is 2. The molecule has 4 saturated carbocycles. The van der Waals surface area contributed by atoms with Crippen molar-refractivity contribution in [2.24, 2.45) is 34.5 Å². The predicted molar refractivity (Wildman–Crippen MR) is 166 cm³/mol. The molecular weight excluding hydrogens is 604 g/mol. The fourth-order valence-corrected chi connectivity index (χ4v) is 12.1. The Morgan fingerprint density at radius 3 is 2.02 bits per heavy atom. The number of quaternary nitrogens is 1. The van der Waals surface area contributed by atoms with Crippen molar-refractivity contribution in [3.63, 3.8) is 0 Å². The van der Waals surface area contributed by atoms with E-state index in [9.17, 15) is 9.59 Å². The van der Waals surface area contributed by atoms with Crippen molar-refractivity contribution in [2.75, 3.05) is 33.2 Å².